The van der Waals surface area contributed by atoms with Crippen LogP contribution in [0.3, 0.4) is 0 Å². The highest BCUT2D eigenvalue weighted by atomic mass is 16.5. The molecule has 4 unspecified atom stereocenters. The summed E-state index contributed by atoms with van der Waals surface area (Å²) in [5.74, 6) is 5.19. The Labute approximate surface area is 415 Å². The fourth-order valence-corrected chi connectivity index (χ4v) is 10.3. The Kier molecular flexibility index (Phi) is 19.1. The molecule has 0 radical (unpaired) electrons. The van der Waals surface area contributed by atoms with Gasteiger partial charge in [0.15, 0.2) is 46.0 Å². The summed E-state index contributed by atoms with van der Waals surface area (Å²) in [5, 5.41) is 0. The number of nitrogens with zero attached hydrogens (tertiary/aromatic N) is 2. The molecule has 4 atom stereocenters. The summed E-state index contributed by atoms with van der Waals surface area (Å²) >= 11 is 0. The van der Waals surface area contributed by atoms with Crippen molar-refractivity contribution in [1.29, 1.82) is 0 Å². The lowest BCUT2D eigenvalue weighted by atomic mass is 9.86. The van der Waals surface area contributed by atoms with Crippen LogP contribution >= 0.6 is 0 Å². The van der Waals surface area contributed by atoms with Gasteiger partial charge < -0.3 is 56.3 Å². The third-order valence-corrected chi connectivity index (χ3v) is 14.4. The van der Waals surface area contributed by atoms with Crippen LogP contribution in [0, 0.1) is 0 Å². The van der Waals surface area contributed by atoms with Crippen molar-refractivity contribution in [2.75, 3.05) is 110 Å². The zero-order valence-electron chi connectivity index (χ0n) is 43.2. The topological polar surface area (TPSA) is 126 Å². The highest BCUT2D eigenvalue weighted by Crippen LogP contribution is 2.45. The van der Waals surface area contributed by atoms with E-state index in [0.29, 0.717) is 60.6 Å². The van der Waals surface area contributed by atoms with Gasteiger partial charge in [-0.3, -0.25) is 9.59 Å². The summed E-state index contributed by atoms with van der Waals surface area (Å²) in [6, 6.07) is 20.9. The molecular formula is C56H76N2O12+2. The molecule has 4 aromatic carbocycles. The number of allylic oxidation sites excluding steroid dienone is 2. The summed E-state index contributed by atoms with van der Waals surface area (Å²) in [6.45, 7) is 4.20. The highest BCUT2D eigenvalue weighted by Gasteiger charge is 2.41. The monoisotopic (exact) mass is 969 g/mol. The van der Waals surface area contributed by atoms with E-state index in [2.05, 4.69) is 62.6 Å². The van der Waals surface area contributed by atoms with Crippen molar-refractivity contribution in [2.24, 2.45) is 0 Å². The largest absolute Gasteiger partial charge is 0.493 e. The van der Waals surface area contributed by atoms with Gasteiger partial charge >= 0.3 is 11.9 Å². The van der Waals surface area contributed by atoms with Crippen molar-refractivity contribution >= 4 is 11.9 Å². The number of fused-ring (bicyclic) bond motifs is 2. The molecule has 2 aliphatic rings. The molecule has 4 aromatic rings. The van der Waals surface area contributed by atoms with Gasteiger partial charge in [0.25, 0.3) is 0 Å². The second kappa shape index (κ2) is 25.1. The van der Waals surface area contributed by atoms with Crippen LogP contribution in [0.15, 0.2) is 72.8 Å². The minimum Gasteiger partial charge on any atom is -0.493 e. The van der Waals surface area contributed by atoms with Crippen LogP contribution in [-0.2, 0) is 44.7 Å². The van der Waals surface area contributed by atoms with Crippen molar-refractivity contribution in [3.8, 4) is 46.0 Å². The Morgan fingerprint density at radius 2 is 0.829 bits per heavy atom. The fourth-order valence-electron chi connectivity index (χ4n) is 10.3. The van der Waals surface area contributed by atoms with E-state index in [9.17, 15) is 9.59 Å². The molecule has 0 bridgehead atoms. The Balaban J connectivity index is 0.941. The van der Waals surface area contributed by atoms with Crippen LogP contribution in [0.4, 0.5) is 0 Å². The molecule has 0 fully saturated rings. The number of likely N-dealkylation sites (N-methyl/N-ethyl adjacent to an activating group) is 2. The Bertz CT molecular complexity index is 2260. The zero-order chi connectivity index (χ0) is 50.3. The second-order valence-corrected chi connectivity index (χ2v) is 18.7. The number of esters is 2. The molecule has 14 heteroatoms. The summed E-state index contributed by atoms with van der Waals surface area (Å²) in [6.07, 6.45) is 10.3. The molecule has 0 spiro atoms. The maximum Gasteiger partial charge on any atom is 0.306 e. The minimum atomic E-state index is -0.229. The summed E-state index contributed by atoms with van der Waals surface area (Å²) in [5.41, 5.74) is 7.24. The molecule has 0 amide bonds. The van der Waals surface area contributed by atoms with E-state index in [1.54, 1.807) is 56.9 Å². The maximum absolute atomic E-state index is 12.8. The van der Waals surface area contributed by atoms with Crippen molar-refractivity contribution < 1.29 is 65.9 Å². The first-order valence-corrected chi connectivity index (χ1v) is 24.4. The molecule has 0 saturated heterocycles. The molecule has 0 saturated carbocycles. The molecule has 0 N–H and O–H groups in total. The lowest BCUT2D eigenvalue weighted by Crippen LogP contribution is -2.52. The van der Waals surface area contributed by atoms with E-state index in [4.69, 9.17) is 47.4 Å². The highest BCUT2D eigenvalue weighted by molar-refractivity contribution is 5.70. The smallest absolute Gasteiger partial charge is 0.306 e. The predicted molar refractivity (Wildman–Crippen MR) is 269 cm³/mol. The van der Waals surface area contributed by atoms with E-state index in [1.165, 1.54) is 22.3 Å². The van der Waals surface area contributed by atoms with Crippen LogP contribution < -0.4 is 37.9 Å². The number of quaternary nitrogens is 2. The van der Waals surface area contributed by atoms with Crippen molar-refractivity contribution in [3.05, 3.63) is 106 Å². The van der Waals surface area contributed by atoms with Gasteiger partial charge in [0, 0.05) is 62.5 Å². The van der Waals surface area contributed by atoms with Crippen LogP contribution in [0.2, 0.25) is 0 Å². The third kappa shape index (κ3) is 13.0. The normalized spacial score (nSPS) is 19.3. The summed E-state index contributed by atoms with van der Waals surface area (Å²) in [4.78, 5) is 25.6. The average molecular weight is 969 g/mol. The molecule has 380 valence electrons. The van der Waals surface area contributed by atoms with Gasteiger partial charge in [-0.25, -0.2) is 0 Å². The molecule has 6 rings (SSSR count). The summed E-state index contributed by atoms with van der Waals surface area (Å²) in [7, 11) is 17.8. The van der Waals surface area contributed by atoms with Gasteiger partial charge in [0.2, 0.25) is 0 Å². The maximum atomic E-state index is 12.8. The van der Waals surface area contributed by atoms with E-state index in [-0.39, 0.29) is 36.9 Å². The summed E-state index contributed by atoms with van der Waals surface area (Å²) < 4.78 is 58.1. The number of hydrogen-bond donors (Lipinski definition) is 0. The number of carbonyl (C=O) groups is 2. The molecule has 14 nitrogen and oxygen atoms in total. The van der Waals surface area contributed by atoms with Crippen LogP contribution in [0.5, 0.6) is 46.0 Å². The van der Waals surface area contributed by atoms with Crippen molar-refractivity contribution in [3.63, 3.8) is 0 Å². The van der Waals surface area contributed by atoms with Crippen LogP contribution in [0.25, 0.3) is 0 Å². The third-order valence-electron chi connectivity index (χ3n) is 14.4. The fraction of sp³-hybridized carbons (Fsp3) is 0.500. The average Bonchev–Trinajstić information content (AvgIpc) is 3.38. The first-order chi connectivity index (χ1) is 33.9. The number of benzene rings is 4. The lowest BCUT2D eigenvalue weighted by Gasteiger charge is -2.46. The molecule has 0 aliphatic carbocycles. The van der Waals surface area contributed by atoms with Crippen LogP contribution in [-0.4, -0.2) is 131 Å². The van der Waals surface area contributed by atoms with E-state index < -0.39 is 0 Å². The van der Waals surface area contributed by atoms with Gasteiger partial charge in [0.1, 0.15) is 12.1 Å². The van der Waals surface area contributed by atoms with Gasteiger partial charge in [0.05, 0.1) is 110 Å². The number of rotatable bonds is 26. The SMILES string of the molecule is COc1ccc(CC2c3cc(OC)c(OC)cc3CC[N+]2(C)CCCOC(=O)CCC=CCCC(=O)OCCC[N+]2(C)CCc3cc(OC)c(OC)cc3C2Cc2ccc(OC)c(OC)c2)cc1OC. The molecule has 2 heterocycles. The molecule has 2 aliphatic heterocycles. The number of hydrogen-bond acceptors (Lipinski definition) is 12. The molecular weight excluding hydrogens is 893 g/mol. The Hall–Kier alpha value is -6.12. The van der Waals surface area contributed by atoms with Gasteiger partial charge in [-0.2, -0.15) is 0 Å². The van der Waals surface area contributed by atoms with Gasteiger partial charge in [-0.1, -0.05) is 24.3 Å². The molecule has 0 aromatic heterocycles. The van der Waals surface area contributed by atoms with E-state index in [0.717, 1.165) is 96.3 Å². The van der Waals surface area contributed by atoms with E-state index in [1.807, 2.05) is 24.3 Å². The Morgan fingerprint density at radius 3 is 1.19 bits per heavy atom. The predicted octanol–water partition coefficient (Wildman–Crippen LogP) is 9.01. The number of carbonyl (C=O) groups excluding carboxylic acids is 2. The van der Waals surface area contributed by atoms with E-state index >= 15 is 0 Å². The quantitative estimate of drug-likeness (QED) is 0.0258. The molecule has 70 heavy (non-hydrogen) atoms. The van der Waals surface area contributed by atoms with Crippen LogP contribution in [0.1, 0.15) is 84.0 Å². The van der Waals surface area contributed by atoms with Gasteiger partial charge in [-0.15, -0.1) is 0 Å². The zero-order valence-corrected chi connectivity index (χ0v) is 43.2. The van der Waals surface area contributed by atoms with Crippen molar-refractivity contribution in [2.45, 2.75) is 76.3 Å². The first-order valence-electron chi connectivity index (χ1n) is 24.4. The first kappa shape index (κ1) is 53.2. The standard InChI is InChI=1S/C56H76N2O12/c1-57(27-23-41-35-51(65-7)53(67-9)37-43(41)45(57)31-39-19-21-47(61-3)49(33-39)63-5)25-15-29-69-55(59)17-13-11-12-14-18-56(60)70-30-16-26-58(2)28-24-42-36-52(66-8)54(68-10)38-44(42)46(58)32-40-20-22-48(62-4)50(34-40)64-6/h11-12,19-22,33-38,45-46H,13-18,23-32H2,1-10H3/q+2. The van der Waals surface area contributed by atoms with Gasteiger partial charge in [-0.05, 0) is 83.6 Å². The minimum absolute atomic E-state index is 0.119. The Morgan fingerprint density at radius 1 is 0.486 bits per heavy atom. The number of ether oxygens (including phenoxy) is 10. The van der Waals surface area contributed by atoms with Crippen molar-refractivity contribution in [1.82, 2.24) is 0 Å². The lowest BCUT2D eigenvalue weighted by molar-refractivity contribution is -0.941. The second-order valence-electron chi connectivity index (χ2n) is 18.7. The number of methoxy groups -OCH3 is 8.